The fourth-order valence-electron chi connectivity index (χ4n) is 4.47. The second-order valence-electron chi connectivity index (χ2n) is 8.40. The summed E-state index contributed by atoms with van der Waals surface area (Å²) in [6, 6.07) is 18.4. The fourth-order valence-corrected chi connectivity index (χ4v) is 5.37. The second-order valence-corrected chi connectivity index (χ2v) is 10.5. The van der Waals surface area contributed by atoms with E-state index in [4.69, 9.17) is 21.4 Å². The third-order valence-corrected chi connectivity index (χ3v) is 6.83. The number of aromatic nitrogens is 2. The number of benzene rings is 1. The summed E-state index contributed by atoms with van der Waals surface area (Å²) in [6.07, 6.45) is 6.50. The van der Waals surface area contributed by atoms with Crippen LogP contribution in [0.3, 0.4) is 0 Å². The van der Waals surface area contributed by atoms with Crippen LogP contribution in [0.1, 0.15) is 29.2 Å². The molecule has 1 saturated heterocycles. The number of furan rings is 1. The van der Waals surface area contributed by atoms with Crippen LogP contribution in [0.5, 0.6) is 5.75 Å². The van der Waals surface area contributed by atoms with Crippen molar-refractivity contribution in [3.8, 4) is 5.75 Å². The first-order valence-electron chi connectivity index (χ1n) is 11.2. The average molecular weight is 524 g/mol. The Morgan fingerprint density at radius 3 is 2.72 bits per heavy atom. The molecule has 5 rings (SSSR count). The minimum Gasteiger partial charge on any atom is -0.495 e. The molecule has 0 unspecified atom stereocenters. The molecule has 1 aliphatic heterocycles. The molecule has 3 aromatic heterocycles. The highest BCUT2D eigenvalue weighted by molar-refractivity contribution is 7.92. The molecular weight excluding hydrogens is 498 g/mol. The zero-order chi connectivity index (χ0) is 25.3. The van der Waals surface area contributed by atoms with Crippen LogP contribution in [0.15, 0.2) is 83.7 Å². The van der Waals surface area contributed by atoms with Crippen LogP contribution in [0.2, 0.25) is 0 Å². The van der Waals surface area contributed by atoms with Gasteiger partial charge in [-0.3, -0.25) is 9.71 Å². The van der Waals surface area contributed by atoms with Gasteiger partial charge in [-0.2, -0.15) is 0 Å². The van der Waals surface area contributed by atoms with Gasteiger partial charge in [0, 0.05) is 23.8 Å². The van der Waals surface area contributed by atoms with E-state index in [1.54, 1.807) is 24.6 Å². The SMILES string of the molecule is COc1ccc(N2C(=S)N[C@@H](c3ccccn3)[C@H]2c2cccn2Cc2ccco2)cc1NS(C)(=O)=O. The first-order valence-corrected chi connectivity index (χ1v) is 13.5. The number of ether oxygens (including phenoxy) is 1. The minimum atomic E-state index is -3.53. The van der Waals surface area contributed by atoms with E-state index in [0.29, 0.717) is 28.8 Å². The maximum absolute atomic E-state index is 12.0. The molecule has 0 amide bonds. The minimum absolute atomic E-state index is 0.252. The highest BCUT2D eigenvalue weighted by Gasteiger charge is 2.42. The van der Waals surface area contributed by atoms with Crippen LogP contribution in [0, 0.1) is 0 Å². The van der Waals surface area contributed by atoms with Crippen LogP contribution >= 0.6 is 12.2 Å². The maximum Gasteiger partial charge on any atom is 0.229 e. The van der Waals surface area contributed by atoms with Crippen molar-refractivity contribution in [2.45, 2.75) is 18.6 Å². The Morgan fingerprint density at radius 2 is 2.03 bits per heavy atom. The van der Waals surface area contributed by atoms with E-state index >= 15 is 0 Å². The zero-order valence-corrected chi connectivity index (χ0v) is 21.3. The quantitative estimate of drug-likeness (QED) is 0.333. The summed E-state index contributed by atoms with van der Waals surface area (Å²) in [4.78, 5) is 6.58. The predicted octanol–water partition coefficient (Wildman–Crippen LogP) is 4.08. The average Bonchev–Trinajstić information content (AvgIpc) is 3.59. The lowest BCUT2D eigenvalue weighted by atomic mass is 10.0. The third-order valence-electron chi connectivity index (χ3n) is 5.93. The number of hydrogen-bond acceptors (Lipinski definition) is 6. The molecule has 36 heavy (non-hydrogen) atoms. The monoisotopic (exact) mass is 523 g/mol. The third kappa shape index (κ3) is 4.79. The smallest absolute Gasteiger partial charge is 0.229 e. The maximum atomic E-state index is 12.0. The van der Waals surface area contributed by atoms with Crippen molar-refractivity contribution in [2.24, 2.45) is 0 Å². The van der Waals surface area contributed by atoms with Gasteiger partial charge in [-0.05, 0) is 66.8 Å². The second kappa shape index (κ2) is 9.67. The van der Waals surface area contributed by atoms with Crippen molar-refractivity contribution in [1.82, 2.24) is 14.9 Å². The molecule has 4 heterocycles. The molecule has 11 heteroatoms. The molecular formula is C25H25N5O4S2. The molecule has 0 radical (unpaired) electrons. The van der Waals surface area contributed by atoms with Gasteiger partial charge in [-0.1, -0.05) is 6.07 Å². The summed E-state index contributed by atoms with van der Waals surface area (Å²) in [5.41, 5.74) is 2.85. The standard InChI is InChI=1S/C25H25N5O4S2/c1-33-22-11-10-17(15-20(22)28-36(2,31)32)30-24(23(27-25(30)35)19-8-3-4-12-26-19)21-9-5-13-29(21)16-18-7-6-14-34-18/h3-15,23-24,28H,16H2,1-2H3,(H,27,35)/t23-,24+/m0/s1. The van der Waals surface area contributed by atoms with Gasteiger partial charge < -0.3 is 23.9 Å². The van der Waals surface area contributed by atoms with Gasteiger partial charge in [0.05, 0.1) is 43.6 Å². The number of thiocarbonyl (C=S) groups is 1. The zero-order valence-electron chi connectivity index (χ0n) is 19.7. The Hall–Kier alpha value is -3.83. The first kappa shape index (κ1) is 23.9. The van der Waals surface area contributed by atoms with Crippen molar-refractivity contribution in [1.29, 1.82) is 0 Å². The Balaban J connectivity index is 1.62. The lowest BCUT2D eigenvalue weighted by molar-refractivity contribution is 0.417. The molecule has 0 spiro atoms. The van der Waals surface area contributed by atoms with Gasteiger partial charge in [0.25, 0.3) is 0 Å². The summed E-state index contributed by atoms with van der Waals surface area (Å²) in [5, 5.41) is 3.92. The van der Waals surface area contributed by atoms with Crippen LogP contribution in [0.4, 0.5) is 11.4 Å². The van der Waals surface area contributed by atoms with Crippen molar-refractivity contribution in [2.75, 3.05) is 23.0 Å². The lowest BCUT2D eigenvalue weighted by Gasteiger charge is -2.29. The number of anilines is 2. The molecule has 4 aromatic rings. The highest BCUT2D eigenvalue weighted by Crippen LogP contribution is 2.43. The fraction of sp³-hybridized carbons (Fsp3) is 0.200. The normalized spacial score (nSPS) is 17.7. The van der Waals surface area contributed by atoms with Crippen LogP contribution < -0.4 is 19.7 Å². The van der Waals surface area contributed by atoms with Crippen molar-refractivity contribution < 1.29 is 17.6 Å². The topological polar surface area (TPSA) is 102 Å². The van der Waals surface area contributed by atoms with Gasteiger partial charge in [0.2, 0.25) is 10.0 Å². The first-order chi connectivity index (χ1) is 17.3. The number of rotatable bonds is 8. The van der Waals surface area contributed by atoms with E-state index < -0.39 is 10.0 Å². The summed E-state index contributed by atoms with van der Waals surface area (Å²) >= 11 is 5.81. The Kier molecular flexibility index (Phi) is 6.42. The number of nitrogens with one attached hydrogen (secondary N) is 2. The van der Waals surface area contributed by atoms with Gasteiger partial charge in [-0.25, -0.2) is 8.42 Å². The Bertz CT molecular complexity index is 1470. The number of pyridine rings is 1. The van der Waals surface area contributed by atoms with Gasteiger partial charge >= 0.3 is 0 Å². The molecule has 1 aromatic carbocycles. The van der Waals surface area contributed by atoms with Crippen LogP contribution in [-0.2, 0) is 16.6 Å². The van der Waals surface area contributed by atoms with E-state index in [1.165, 1.54) is 7.11 Å². The summed E-state index contributed by atoms with van der Waals surface area (Å²) in [6.45, 7) is 0.546. The molecule has 1 fully saturated rings. The lowest BCUT2D eigenvalue weighted by Crippen LogP contribution is -2.30. The highest BCUT2D eigenvalue weighted by atomic mass is 32.2. The van der Waals surface area contributed by atoms with Crippen molar-refractivity contribution >= 4 is 38.7 Å². The molecule has 0 aliphatic carbocycles. The Morgan fingerprint density at radius 1 is 1.17 bits per heavy atom. The van der Waals surface area contributed by atoms with E-state index in [2.05, 4.69) is 19.6 Å². The largest absolute Gasteiger partial charge is 0.495 e. The van der Waals surface area contributed by atoms with E-state index in [1.807, 2.05) is 59.6 Å². The van der Waals surface area contributed by atoms with E-state index in [9.17, 15) is 8.42 Å². The number of sulfonamides is 1. The van der Waals surface area contributed by atoms with Gasteiger partial charge in [-0.15, -0.1) is 0 Å². The molecule has 186 valence electrons. The van der Waals surface area contributed by atoms with Crippen LogP contribution in [0.25, 0.3) is 0 Å². The summed E-state index contributed by atoms with van der Waals surface area (Å²) < 4.78 is 39.6. The molecule has 1 aliphatic rings. The molecule has 2 N–H and O–H groups in total. The van der Waals surface area contributed by atoms with Crippen molar-refractivity contribution in [3.05, 3.63) is 96.5 Å². The van der Waals surface area contributed by atoms with E-state index in [0.717, 1.165) is 23.4 Å². The van der Waals surface area contributed by atoms with Gasteiger partial charge in [0.15, 0.2) is 5.11 Å². The molecule has 0 bridgehead atoms. The summed E-state index contributed by atoms with van der Waals surface area (Å²) in [7, 11) is -2.04. The summed E-state index contributed by atoms with van der Waals surface area (Å²) in [5.74, 6) is 1.23. The molecule has 0 saturated carbocycles. The number of nitrogens with zero attached hydrogens (tertiary/aromatic N) is 3. The van der Waals surface area contributed by atoms with E-state index in [-0.39, 0.29) is 12.1 Å². The number of hydrogen-bond donors (Lipinski definition) is 2. The van der Waals surface area contributed by atoms with Crippen molar-refractivity contribution in [3.63, 3.8) is 0 Å². The molecule has 9 nitrogen and oxygen atoms in total. The van der Waals surface area contributed by atoms with Gasteiger partial charge in [0.1, 0.15) is 17.6 Å². The Labute approximate surface area is 214 Å². The number of methoxy groups -OCH3 is 1. The van der Waals surface area contributed by atoms with Crippen LogP contribution in [-0.4, -0.2) is 36.4 Å². The predicted molar refractivity (Wildman–Crippen MR) is 142 cm³/mol. The molecule has 2 atom stereocenters.